The molecule has 0 unspecified atom stereocenters. The Kier molecular flexibility index (Phi) is 4.52. The number of rotatable bonds is 6. The summed E-state index contributed by atoms with van der Waals surface area (Å²) in [7, 11) is 0. The van der Waals surface area contributed by atoms with Gasteiger partial charge < -0.3 is 15.2 Å². The molecule has 4 nitrogen and oxygen atoms in total. The summed E-state index contributed by atoms with van der Waals surface area (Å²) in [5, 5.41) is 11.8. The number of halogens is 2. The Morgan fingerprint density at radius 1 is 1.30 bits per heavy atom. The molecule has 0 fully saturated rings. The topological polar surface area (TPSA) is 58.6 Å². The second kappa shape index (κ2) is 6.33. The number of carbonyl (C=O) groups is 1. The van der Waals surface area contributed by atoms with Crippen molar-refractivity contribution in [3.63, 3.8) is 0 Å². The minimum absolute atomic E-state index is 0.0533. The number of aromatic carboxylic acids is 1. The minimum atomic E-state index is -2.89. The average molecular weight is 299 g/mol. The molecule has 0 saturated carbocycles. The van der Waals surface area contributed by atoms with Crippen molar-refractivity contribution in [2.75, 3.05) is 5.32 Å². The third kappa shape index (κ3) is 3.67. The van der Waals surface area contributed by atoms with Crippen LogP contribution in [0.3, 0.4) is 0 Å². The zero-order valence-electron chi connectivity index (χ0n) is 10.2. The Hall–Kier alpha value is -2.15. The van der Waals surface area contributed by atoms with Crippen LogP contribution in [0.15, 0.2) is 36.4 Å². The highest BCUT2D eigenvalue weighted by molar-refractivity contribution is 7.13. The Morgan fingerprint density at radius 2 is 2.05 bits per heavy atom. The Morgan fingerprint density at radius 3 is 2.70 bits per heavy atom. The molecule has 0 bridgehead atoms. The molecule has 0 saturated heterocycles. The predicted molar refractivity (Wildman–Crippen MR) is 71.7 cm³/mol. The lowest BCUT2D eigenvalue weighted by atomic mass is 10.3. The molecule has 0 aliphatic rings. The molecule has 0 atom stereocenters. The molecule has 1 aromatic carbocycles. The molecule has 0 amide bonds. The van der Waals surface area contributed by atoms with Gasteiger partial charge in [0.2, 0.25) is 0 Å². The lowest BCUT2D eigenvalue weighted by Crippen LogP contribution is -2.06. The van der Waals surface area contributed by atoms with E-state index in [9.17, 15) is 13.6 Å². The first kappa shape index (κ1) is 14.3. The first-order valence-corrected chi connectivity index (χ1v) is 6.47. The van der Waals surface area contributed by atoms with Crippen LogP contribution in [0.4, 0.5) is 14.5 Å². The summed E-state index contributed by atoms with van der Waals surface area (Å²) < 4.78 is 28.9. The average Bonchev–Trinajstić information content (AvgIpc) is 2.86. The highest BCUT2D eigenvalue weighted by Crippen LogP contribution is 2.27. The van der Waals surface area contributed by atoms with E-state index in [0.717, 1.165) is 16.2 Å². The van der Waals surface area contributed by atoms with Gasteiger partial charge in [-0.2, -0.15) is 8.78 Å². The Bertz CT molecular complexity index is 601. The molecule has 1 aromatic heterocycles. The van der Waals surface area contributed by atoms with E-state index >= 15 is 0 Å². The zero-order valence-corrected chi connectivity index (χ0v) is 11.0. The van der Waals surface area contributed by atoms with E-state index in [1.807, 2.05) is 0 Å². The SMILES string of the molecule is O=C(O)c1ccc(CNc2ccccc2OC(F)F)s1. The van der Waals surface area contributed by atoms with Crippen LogP contribution in [0.2, 0.25) is 0 Å². The summed E-state index contributed by atoms with van der Waals surface area (Å²) in [5.41, 5.74) is 0.429. The molecule has 20 heavy (non-hydrogen) atoms. The van der Waals surface area contributed by atoms with Crippen LogP contribution in [0.25, 0.3) is 0 Å². The highest BCUT2D eigenvalue weighted by atomic mass is 32.1. The van der Waals surface area contributed by atoms with E-state index in [0.29, 0.717) is 12.2 Å². The summed E-state index contributed by atoms with van der Waals surface area (Å²) in [4.78, 5) is 11.8. The highest BCUT2D eigenvalue weighted by Gasteiger charge is 2.10. The molecule has 2 N–H and O–H groups in total. The molecule has 106 valence electrons. The van der Waals surface area contributed by atoms with Crippen LogP contribution in [0, 0.1) is 0 Å². The number of carboxylic acid groups (broad SMARTS) is 1. The number of anilines is 1. The quantitative estimate of drug-likeness (QED) is 0.854. The number of ether oxygens (including phenoxy) is 1. The normalized spacial score (nSPS) is 10.6. The number of alkyl halides is 2. The van der Waals surface area contributed by atoms with Crippen molar-refractivity contribution >= 4 is 23.0 Å². The molecule has 1 heterocycles. The summed E-state index contributed by atoms with van der Waals surface area (Å²) in [6, 6.07) is 9.52. The number of hydrogen-bond donors (Lipinski definition) is 2. The maximum Gasteiger partial charge on any atom is 0.387 e. The molecular weight excluding hydrogens is 288 g/mol. The minimum Gasteiger partial charge on any atom is -0.477 e. The summed E-state index contributed by atoms with van der Waals surface area (Å²) in [6.45, 7) is -2.56. The smallest absolute Gasteiger partial charge is 0.387 e. The largest absolute Gasteiger partial charge is 0.477 e. The fourth-order valence-corrected chi connectivity index (χ4v) is 2.37. The van der Waals surface area contributed by atoms with Crippen LogP contribution >= 0.6 is 11.3 Å². The number of benzene rings is 1. The third-order valence-corrected chi connectivity index (χ3v) is 3.50. The molecule has 2 aromatic rings. The number of para-hydroxylation sites is 2. The van der Waals surface area contributed by atoms with Gasteiger partial charge in [-0.15, -0.1) is 11.3 Å². The fraction of sp³-hybridized carbons (Fsp3) is 0.154. The number of hydrogen-bond acceptors (Lipinski definition) is 4. The second-order valence-corrected chi connectivity index (χ2v) is 4.97. The van der Waals surface area contributed by atoms with Crippen LogP contribution < -0.4 is 10.1 Å². The van der Waals surface area contributed by atoms with E-state index in [-0.39, 0.29) is 10.6 Å². The number of carboxylic acids is 1. The van der Waals surface area contributed by atoms with E-state index < -0.39 is 12.6 Å². The van der Waals surface area contributed by atoms with Crippen molar-refractivity contribution in [1.82, 2.24) is 0 Å². The van der Waals surface area contributed by atoms with Gasteiger partial charge in [-0.05, 0) is 24.3 Å². The van der Waals surface area contributed by atoms with Crippen molar-refractivity contribution in [2.45, 2.75) is 13.2 Å². The van der Waals surface area contributed by atoms with Crippen molar-refractivity contribution in [2.24, 2.45) is 0 Å². The van der Waals surface area contributed by atoms with Crippen LogP contribution in [0.1, 0.15) is 14.5 Å². The van der Waals surface area contributed by atoms with E-state index in [1.54, 1.807) is 24.3 Å². The maximum atomic E-state index is 12.2. The van der Waals surface area contributed by atoms with Crippen molar-refractivity contribution in [3.8, 4) is 5.75 Å². The number of thiophene rings is 1. The van der Waals surface area contributed by atoms with Gasteiger partial charge in [-0.3, -0.25) is 0 Å². The monoisotopic (exact) mass is 299 g/mol. The Balaban J connectivity index is 2.04. The molecule has 0 spiro atoms. The van der Waals surface area contributed by atoms with Crippen LogP contribution in [-0.2, 0) is 6.54 Å². The van der Waals surface area contributed by atoms with E-state index in [4.69, 9.17) is 5.11 Å². The molecule has 7 heteroatoms. The van der Waals surface area contributed by atoms with Crippen molar-refractivity contribution in [3.05, 3.63) is 46.2 Å². The van der Waals surface area contributed by atoms with E-state index in [1.165, 1.54) is 12.1 Å². The van der Waals surface area contributed by atoms with Crippen LogP contribution in [0.5, 0.6) is 5.75 Å². The lowest BCUT2D eigenvalue weighted by Gasteiger charge is -2.11. The third-order valence-electron chi connectivity index (χ3n) is 2.43. The second-order valence-electron chi connectivity index (χ2n) is 3.80. The van der Waals surface area contributed by atoms with Gasteiger partial charge >= 0.3 is 12.6 Å². The van der Waals surface area contributed by atoms with Gasteiger partial charge in [0, 0.05) is 11.4 Å². The van der Waals surface area contributed by atoms with Crippen molar-refractivity contribution < 1.29 is 23.4 Å². The first-order valence-electron chi connectivity index (χ1n) is 5.66. The molecule has 0 radical (unpaired) electrons. The van der Waals surface area contributed by atoms with Gasteiger partial charge in [-0.1, -0.05) is 12.1 Å². The van der Waals surface area contributed by atoms with Gasteiger partial charge in [0.05, 0.1) is 5.69 Å². The number of nitrogens with one attached hydrogen (secondary N) is 1. The van der Waals surface area contributed by atoms with Gasteiger partial charge in [-0.25, -0.2) is 4.79 Å². The zero-order chi connectivity index (χ0) is 14.5. The standard InChI is InChI=1S/C13H11F2NO3S/c14-13(15)19-10-4-2-1-3-9(10)16-7-8-5-6-11(20-8)12(17)18/h1-6,13,16H,7H2,(H,17,18). The maximum absolute atomic E-state index is 12.2. The molecule has 0 aliphatic heterocycles. The molecule has 2 rings (SSSR count). The predicted octanol–water partition coefficient (Wildman–Crippen LogP) is 3.66. The van der Waals surface area contributed by atoms with Gasteiger partial charge in [0.1, 0.15) is 10.6 Å². The van der Waals surface area contributed by atoms with Gasteiger partial charge in [0.25, 0.3) is 0 Å². The van der Waals surface area contributed by atoms with Crippen molar-refractivity contribution in [1.29, 1.82) is 0 Å². The molecule has 0 aliphatic carbocycles. The summed E-state index contributed by atoms with van der Waals surface area (Å²) in [6.07, 6.45) is 0. The Labute approximate surface area is 117 Å². The summed E-state index contributed by atoms with van der Waals surface area (Å²) >= 11 is 1.13. The lowest BCUT2D eigenvalue weighted by molar-refractivity contribution is -0.0493. The van der Waals surface area contributed by atoms with E-state index in [2.05, 4.69) is 10.1 Å². The molecular formula is C13H11F2NO3S. The summed E-state index contributed by atoms with van der Waals surface area (Å²) in [5.74, 6) is -0.930. The fourth-order valence-electron chi connectivity index (χ4n) is 1.58. The van der Waals surface area contributed by atoms with Crippen LogP contribution in [-0.4, -0.2) is 17.7 Å². The first-order chi connectivity index (χ1) is 9.56. The van der Waals surface area contributed by atoms with Gasteiger partial charge in [0.15, 0.2) is 0 Å².